The average Bonchev–Trinajstić information content (AvgIpc) is 2.54. The molecule has 86 valence electrons. The monoisotopic (exact) mass is 238 g/mol. The summed E-state index contributed by atoms with van der Waals surface area (Å²) in [6.07, 6.45) is 0.0960. The van der Waals surface area contributed by atoms with Gasteiger partial charge < -0.3 is 9.67 Å². The maximum atomic E-state index is 9.49. The number of imidazole rings is 1. The maximum absolute atomic E-state index is 9.49. The molecule has 0 radical (unpaired) electrons. The molecule has 0 aliphatic carbocycles. The SMILES string of the molecule is Cc1nc2cc(CC(O)CCl)ccc2n1C. The van der Waals surface area contributed by atoms with Crippen LogP contribution >= 0.6 is 11.6 Å². The highest BCUT2D eigenvalue weighted by Crippen LogP contribution is 2.17. The van der Waals surface area contributed by atoms with Gasteiger partial charge in [-0.2, -0.15) is 0 Å². The van der Waals surface area contributed by atoms with Crippen LogP contribution in [0.15, 0.2) is 18.2 Å². The summed E-state index contributed by atoms with van der Waals surface area (Å²) in [4.78, 5) is 4.45. The number of halogens is 1. The molecule has 0 spiro atoms. The number of hydrogen-bond acceptors (Lipinski definition) is 2. The Balaban J connectivity index is 2.37. The van der Waals surface area contributed by atoms with Crippen LogP contribution in [0.2, 0.25) is 0 Å². The van der Waals surface area contributed by atoms with E-state index in [1.54, 1.807) is 0 Å². The number of hydrogen-bond donors (Lipinski definition) is 1. The normalized spacial score (nSPS) is 13.2. The molecule has 1 unspecified atom stereocenters. The van der Waals surface area contributed by atoms with E-state index in [-0.39, 0.29) is 5.88 Å². The van der Waals surface area contributed by atoms with E-state index in [0.717, 1.165) is 22.4 Å². The topological polar surface area (TPSA) is 38.1 Å². The van der Waals surface area contributed by atoms with E-state index in [2.05, 4.69) is 9.55 Å². The van der Waals surface area contributed by atoms with Crippen molar-refractivity contribution in [1.29, 1.82) is 0 Å². The molecular weight excluding hydrogens is 224 g/mol. The zero-order valence-corrected chi connectivity index (χ0v) is 10.2. The van der Waals surface area contributed by atoms with Gasteiger partial charge in [0.2, 0.25) is 0 Å². The van der Waals surface area contributed by atoms with E-state index < -0.39 is 6.10 Å². The van der Waals surface area contributed by atoms with Crippen LogP contribution in [0.4, 0.5) is 0 Å². The minimum atomic E-state index is -0.482. The first-order valence-corrected chi connectivity index (χ1v) is 5.81. The number of rotatable bonds is 3. The van der Waals surface area contributed by atoms with E-state index in [4.69, 9.17) is 11.6 Å². The van der Waals surface area contributed by atoms with Crippen LogP contribution in [-0.4, -0.2) is 26.6 Å². The van der Waals surface area contributed by atoms with Crippen LogP contribution in [0, 0.1) is 6.92 Å². The lowest BCUT2D eigenvalue weighted by Gasteiger charge is -2.06. The number of aryl methyl sites for hydroxylation is 2. The van der Waals surface area contributed by atoms with Gasteiger partial charge >= 0.3 is 0 Å². The molecule has 1 atom stereocenters. The minimum absolute atomic E-state index is 0.263. The van der Waals surface area contributed by atoms with Crippen molar-refractivity contribution < 1.29 is 5.11 Å². The first-order chi connectivity index (χ1) is 7.61. The summed E-state index contributed by atoms with van der Waals surface area (Å²) in [6, 6.07) is 6.06. The van der Waals surface area contributed by atoms with Gasteiger partial charge in [0.05, 0.1) is 17.1 Å². The second kappa shape index (κ2) is 4.44. The summed E-state index contributed by atoms with van der Waals surface area (Å²) in [5.74, 6) is 1.25. The highest BCUT2D eigenvalue weighted by atomic mass is 35.5. The van der Waals surface area contributed by atoms with Crippen molar-refractivity contribution in [2.24, 2.45) is 7.05 Å². The Hall–Kier alpha value is -1.06. The largest absolute Gasteiger partial charge is 0.392 e. The maximum Gasteiger partial charge on any atom is 0.106 e. The first-order valence-electron chi connectivity index (χ1n) is 5.28. The Morgan fingerprint density at radius 2 is 2.25 bits per heavy atom. The Kier molecular flexibility index (Phi) is 3.17. The third-order valence-corrected chi connectivity index (χ3v) is 3.17. The molecular formula is C12H15ClN2O. The Morgan fingerprint density at radius 3 is 2.94 bits per heavy atom. The quantitative estimate of drug-likeness (QED) is 0.831. The van der Waals surface area contributed by atoms with Crippen LogP contribution < -0.4 is 0 Å². The smallest absolute Gasteiger partial charge is 0.106 e. The van der Waals surface area contributed by atoms with Crippen molar-refractivity contribution >= 4 is 22.6 Å². The van der Waals surface area contributed by atoms with Crippen molar-refractivity contribution in [3.05, 3.63) is 29.6 Å². The molecule has 2 aromatic rings. The molecule has 16 heavy (non-hydrogen) atoms. The third kappa shape index (κ3) is 2.06. The highest BCUT2D eigenvalue weighted by molar-refractivity contribution is 6.18. The number of aliphatic hydroxyl groups is 1. The molecule has 0 aliphatic rings. The summed E-state index contributed by atoms with van der Waals surface area (Å²) in [5, 5.41) is 9.49. The number of aromatic nitrogens is 2. The summed E-state index contributed by atoms with van der Waals surface area (Å²) in [7, 11) is 2.00. The fourth-order valence-corrected chi connectivity index (χ4v) is 1.93. The summed E-state index contributed by atoms with van der Waals surface area (Å²) < 4.78 is 2.05. The summed E-state index contributed by atoms with van der Waals surface area (Å²) >= 11 is 5.58. The molecule has 0 fully saturated rings. The number of aliphatic hydroxyl groups excluding tert-OH is 1. The van der Waals surface area contributed by atoms with Crippen molar-refractivity contribution in [3.8, 4) is 0 Å². The van der Waals surface area contributed by atoms with E-state index >= 15 is 0 Å². The summed E-state index contributed by atoms with van der Waals surface area (Å²) in [5.41, 5.74) is 3.15. The second-order valence-corrected chi connectivity index (χ2v) is 4.36. The average molecular weight is 239 g/mol. The Labute approximate surface area is 99.7 Å². The van der Waals surface area contributed by atoms with E-state index in [0.29, 0.717) is 6.42 Å². The zero-order chi connectivity index (χ0) is 11.7. The van der Waals surface area contributed by atoms with Gasteiger partial charge in [-0.1, -0.05) is 6.07 Å². The molecule has 1 N–H and O–H groups in total. The van der Waals surface area contributed by atoms with Crippen LogP contribution in [0.3, 0.4) is 0 Å². The molecule has 0 amide bonds. The highest BCUT2D eigenvalue weighted by Gasteiger charge is 2.07. The molecule has 0 saturated carbocycles. The predicted molar refractivity (Wildman–Crippen MR) is 65.9 cm³/mol. The fourth-order valence-electron chi connectivity index (χ4n) is 1.82. The van der Waals surface area contributed by atoms with Crippen LogP contribution in [0.25, 0.3) is 11.0 Å². The van der Waals surface area contributed by atoms with Gasteiger partial charge in [0.15, 0.2) is 0 Å². The van der Waals surface area contributed by atoms with Gasteiger partial charge in [0.1, 0.15) is 5.82 Å². The van der Waals surface area contributed by atoms with Crippen molar-refractivity contribution in [2.75, 3.05) is 5.88 Å². The standard InChI is InChI=1S/C12H15ClN2O/c1-8-14-11-6-9(5-10(16)7-13)3-4-12(11)15(8)2/h3-4,6,10,16H,5,7H2,1-2H3. The number of benzene rings is 1. The number of nitrogens with zero attached hydrogens (tertiary/aromatic N) is 2. The van der Waals surface area contributed by atoms with E-state index in [1.165, 1.54) is 0 Å². The van der Waals surface area contributed by atoms with Gasteiger partial charge in [-0.25, -0.2) is 4.98 Å². The molecule has 1 aromatic heterocycles. The van der Waals surface area contributed by atoms with Gasteiger partial charge in [0.25, 0.3) is 0 Å². The lowest BCUT2D eigenvalue weighted by Crippen LogP contribution is -2.11. The lowest BCUT2D eigenvalue weighted by atomic mass is 10.1. The van der Waals surface area contributed by atoms with Crippen molar-refractivity contribution in [3.63, 3.8) is 0 Å². The van der Waals surface area contributed by atoms with E-state index in [1.807, 2.05) is 32.2 Å². The number of alkyl halides is 1. The molecule has 2 rings (SSSR count). The molecule has 0 aliphatic heterocycles. The van der Waals surface area contributed by atoms with Crippen molar-refractivity contribution in [2.45, 2.75) is 19.4 Å². The van der Waals surface area contributed by atoms with Gasteiger partial charge in [-0.3, -0.25) is 0 Å². The molecule has 0 saturated heterocycles. The predicted octanol–water partition coefficient (Wildman–Crippen LogP) is 2.02. The molecule has 1 heterocycles. The first kappa shape index (κ1) is 11.4. The van der Waals surface area contributed by atoms with Gasteiger partial charge in [-0.15, -0.1) is 11.6 Å². The molecule has 0 bridgehead atoms. The molecule has 3 nitrogen and oxygen atoms in total. The molecule has 1 aromatic carbocycles. The third-order valence-electron chi connectivity index (χ3n) is 2.82. The Bertz CT molecular complexity index is 507. The van der Waals surface area contributed by atoms with Crippen LogP contribution in [0.5, 0.6) is 0 Å². The van der Waals surface area contributed by atoms with Crippen molar-refractivity contribution in [1.82, 2.24) is 9.55 Å². The Morgan fingerprint density at radius 1 is 1.50 bits per heavy atom. The van der Waals surface area contributed by atoms with E-state index in [9.17, 15) is 5.11 Å². The zero-order valence-electron chi connectivity index (χ0n) is 9.44. The summed E-state index contributed by atoms with van der Waals surface area (Å²) in [6.45, 7) is 1.98. The van der Waals surface area contributed by atoms with Crippen LogP contribution in [0.1, 0.15) is 11.4 Å². The molecule has 4 heteroatoms. The fraction of sp³-hybridized carbons (Fsp3) is 0.417. The lowest BCUT2D eigenvalue weighted by molar-refractivity contribution is 0.199. The number of fused-ring (bicyclic) bond motifs is 1. The van der Waals surface area contributed by atoms with Crippen LogP contribution in [-0.2, 0) is 13.5 Å². The second-order valence-electron chi connectivity index (χ2n) is 4.05. The van der Waals surface area contributed by atoms with Gasteiger partial charge in [0, 0.05) is 12.9 Å². The minimum Gasteiger partial charge on any atom is -0.392 e. The van der Waals surface area contributed by atoms with Gasteiger partial charge in [-0.05, 0) is 31.0 Å².